The average Bonchev–Trinajstić information content (AvgIpc) is 2.71. The molecule has 0 aromatic heterocycles. The van der Waals surface area contributed by atoms with Crippen LogP contribution in [0.5, 0.6) is 0 Å². The third-order valence-corrected chi connectivity index (χ3v) is 4.56. The summed E-state index contributed by atoms with van der Waals surface area (Å²) in [6, 6.07) is 1.70. The first-order chi connectivity index (χ1) is 7.81. The quantitative estimate of drug-likeness (QED) is 0.741. The minimum atomic E-state index is 0.823. The van der Waals surface area contributed by atoms with Crippen LogP contribution < -0.4 is 5.32 Å². The SMILES string of the molecule is CCN(C1CCCC(C)CC1)C1CCNC1. The predicted octanol–water partition coefficient (Wildman–Crippen LogP) is 2.64. The average molecular weight is 224 g/mol. The van der Waals surface area contributed by atoms with Gasteiger partial charge in [-0.1, -0.05) is 26.7 Å². The van der Waals surface area contributed by atoms with Crippen molar-refractivity contribution in [2.45, 2.75) is 64.5 Å². The molecule has 2 heteroatoms. The summed E-state index contributed by atoms with van der Waals surface area (Å²) in [5.74, 6) is 0.963. The molecule has 1 aliphatic heterocycles. The Balaban J connectivity index is 1.91. The summed E-state index contributed by atoms with van der Waals surface area (Å²) >= 11 is 0. The summed E-state index contributed by atoms with van der Waals surface area (Å²) in [6.45, 7) is 8.46. The molecule has 2 nitrogen and oxygen atoms in total. The first kappa shape index (κ1) is 12.4. The molecule has 3 atom stereocenters. The Morgan fingerprint density at radius 2 is 1.94 bits per heavy atom. The fourth-order valence-corrected chi connectivity index (χ4v) is 3.54. The van der Waals surface area contributed by atoms with Crippen LogP contribution in [0, 0.1) is 5.92 Å². The van der Waals surface area contributed by atoms with Crippen LogP contribution in [0.2, 0.25) is 0 Å². The number of nitrogens with zero attached hydrogens (tertiary/aromatic N) is 1. The van der Waals surface area contributed by atoms with Crippen LogP contribution in [0.15, 0.2) is 0 Å². The van der Waals surface area contributed by atoms with E-state index in [1.165, 1.54) is 58.2 Å². The lowest BCUT2D eigenvalue weighted by atomic mass is 10.0. The van der Waals surface area contributed by atoms with Gasteiger partial charge in [-0.05, 0) is 44.7 Å². The van der Waals surface area contributed by atoms with Crippen LogP contribution in [0.3, 0.4) is 0 Å². The van der Waals surface area contributed by atoms with Crippen molar-refractivity contribution in [2.24, 2.45) is 5.92 Å². The van der Waals surface area contributed by atoms with Crippen LogP contribution in [0.1, 0.15) is 52.4 Å². The zero-order chi connectivity index (χ0) is 11.4. The molecule has 94 valence electrons. The van der Waals surface area contributed by atoms with Gasteiger partial charge in [0.2, 0.25) is 0 Å². The molecule has 0 radical (unpaired) electrons. The highest BCUT2D eigenvalue weighted by molar-refractivity contribution is 4.86. The second kappa shape index (κ2) is 6.02. The van der Waals surface area contributed by atoms with Gasteiger partial charge < -0.3 is 5.32 Å². The maximum Gasteiger partial charge on any atom is 0.0235 e. The largest absolute Gasteiger partial charge is 0.315 e. The van der Waals surface area contributed by atoms with Gasteiger partial charge in [-0.15, -0.1) is 0 Å². The minimum absolute atomic E-state index is 0.823. The normalized spacial score (nSPS) is 36.6. The zero-order valence-electron chi connectivity index (χ0n) is 11.0. The molecule has 1 N–H and O–H groups in total. The van der Waals surface area contributed by atoms with Gasteiger partial charge in [-0.2, -0.15) is 0 Å². The van der Waals surface area contributed by atoms with Crippen molar-refractivity contribution in [1.29, 1.82) is 0 Å². The van der Waals surface area contributed by atoms with Crippen molar-refractivity contribution in [3.63, 3.8) is 0 Å². The summed E-state index contributed by atoms with van der Waals surface area (Å²) in [4.78, 5) is 2.79. The molecule has 0 bridgehead atoms. The molecular weight excluding hydrogens is 196 g/mol. The summed E-state index contributed by atoms with van der Waals surface area (Å²) in [5.41, 5.74) is 0. The van der Waals surface area contributed by atoms with E-state index < -0.39 is 0 Å². The number of hydrogen-bond donors (Lipinski definition) is 1. The summed E-state index contributed by atoms with van der Waals surface area (Å²) in [6.07, 6.45) is 8.58. The van der Waals surface area contributed by atoms with E-state index in [2.05, 4.69) is 24.1 Å². The Morgan fingerprint density at radius 1 is 1.06 bits per heavy atom. The number of likely N-dealkylation sites (N-methyl/N-ethyl adjacent to an activating group) is 1. The first-order valence-electron chi connectivity index (χ1n) is 7.27. The molecule has 0 aromatic rings. The summed E-state index contributed by atoms with van der Waals surface area (Å²) < 4.78 is 0. The van der Waals surface area contributed by atoms with Gasteiger partial charge >= 0.3 is 0 Å². The molecule has 0 amide bonds. The lowest BCUT2D eigenvalue weighted by Gasteiger charge is -2.35. The standard InChI is InChI=1S/C14H28N2/c1-3-16(14-9-10-15-11-14)13-6-4-5-12(2)7-8-13/h12-15H,3-11H2,1-2H3. The fraction of sp³-hybridized carbons (Fsp3) is 1.00. The van der Waals surface area contributed by atoms with Crippen LogP contribution in [-0.2, 0) is 0 Å². The minimum Gasteiger partial charge on any atom is -0.315 e. The van der Waals surface area contributed by atoms with Gasteiger partial charge in [-0.25, -0.2) is 0 Å². The van der Waals surface area contributed by atoms with E-state index in [0.717, 1.165) is 18.0 Å². The summed E-state index contributed by atoms with van der Waals surface area (Å²) in [5, 5.41) is 3.51. The molecule has 3 unspecified atom stereocenters. The predicted molar refractivity (Wildman–Crippen MR) is 69.7 cm³/mol. The third-order valence-electron chi connectivity index (χ3n) is 4.56. The topological polar surface area (TPSA) is 15.3 Å². The van der Waals surface area contributed by atoms with E-state index in [-0.39, 0.29) is 0 Å². The first-order valence-corrected chi connectivity index (χ1v) is 7.27. The molecule has 16 heavy (non-hydrogen) atoms. The van der Waals surface area contributed by atoms with Gasteiger partial charge in [0.15, 0.2) is 0 Å². The monoisotopic (exact) mass is 224 g/mol. The highest BCUT2D eigenvalue weighted by Gasteiger charge is 2.28. The van der Waals surface area contributed by atoms with E-state index in [1.54, 1.807) is 0 Å². The van der Waals surface area contributed by atoms with Crippen LogP contribution in [0.25, 0.3) is 0 Å². The Hall–Kier alpha value is -0.0800. The van der Waals surface area contributed by atoms with Crippen LogP contribution in [-0.4, -0.2) is 36.6 Å². The lowest BCUT2D eigenvalue weighted by molar-refractivity contribution is 0.136. The van der Waals surface area contributed by atoms with Crippen molar-refractivity contribution in [3.8, 4) is 0 Å². The maximum atomic E-state index is 3.51. The van der Waals surface area contributed by atoms with Gasteiger partial charge in [-0.3, -0.25) is 4.90 Å². The molecule has 2 rings (SSSR count). The van der Waals surface area contributed by atoms with Crippen molar-refractivity contribution >= 4 is 0 Å². The second-order valence-corrected chi connectivity index (χ2v) is 5.74. The number of hydrogen-bond acceptors (Lipinski definition) is 2. The van der Waals surface area contributed by atoms with E-state index in [9.17, 15) is 0 Å². The Labute approximate surface area is 101 Å². The lowest BCUT2D eigenvalue weighted by Crippen LogP contribution is -2.44. The van der Waals surface area contributed by atoms with E-state index in [1.807, 2.05) is 0 Å². The molecule has 1 heterocycles. The van der Waals surface area contributed by atoms with Crippen molar-refractivity contribution in [1.82, 2.24) is 10.2 Å². The molecule has 0 aromatic carbocycles. The van der Waals surface area contributed by atoms with Gasteiger partial charge in [0.25, 0.3) is 0 Å². The van der Waals surface area contributed by atoms with Crippen LogP contribution >= 0.6 is 0 Å². The molecule has 1 aliphatic carbocycles. The molecular formula is C14H28N2. The third kappa shape index (κ3) is 2.98. The molecule has 1 saturated heterocycles. The van der Waals surface area contributed by atoms with Crippen molar-refractivity contribution in [2.75, 3.05) is 19.6 Å². The van der Waals surface area contributed by atoms with Gasteiger partial charge in [0.1, 0.15) is 0 Å². The van der Waals surface area contributed by atoms with E-state index in [0.29, 0.717) is 0 Å². The van der Waals surface area contributed by atoms with Crippen molar-refractivity contribution in [3.05, 3.63) is 0 Å². The van der Waals surface area contributed by atoms with Crippen molar-refractivity contribution < 1.29 is 0 Å². The molecule has 2 aliphatic rings. The smallest absolute Gasteiger partial charge is 0.0235 e. The Morgan fingerprint density at radius 3 is 2.62 bits per heavy atom. The molecule has 1 saturated carbocycles. The molecule has 2 fully saturated rings. The second-order valence-electron chi connectivity index (χ2n) is 5.74. The molecule has 0 spiro atoms. The van der Waals surface area contributed by atoms with Gasteiger partial charge in [0.05, 0.1) is 0 Å². The summed E-state index contributed by atoms with van der Waals surface area (Å²) in [7, 11) is 0. The number of nitrogens with one attached hydrogen (secondary N) is 1. The van der Waals surface area contributed by atoms with E-state index >= 15 is 0 Å². The van der Waals surface area contributed by atoms with Gasteiger partial charge in [0, 0.05) is 18.6 Å². The highest BCUT2D eigenvalue weighted by Crippen LogP contribution is 2.27. The maximum absolute atomic E-state index is 3.51. The van der Waals surface area contributed by atoms with Crippen LogP contribution in [0.4, 0.5) is 0 Å². The zero-order valence-corrected chi connectivity index (χ0v) is 11.0. The Kier molecular flexibility index (Phi) is 4.66. The fourth-order valence-electron chi connectivity index (χ4n) is 3.54. The number of rotatable bonds is 3. The highest BCUT2D eigenvalue weighted by atomic mass is 15.2. The van der Waals surface area contributed by atoms with E-state index in [4.69, 9.17) is 0 Å². The Bertz CT molecular complexity index is 199.